The Morgan fingerprint density at radius 3 is 1.74 bits per heavy atom. The van der Waals surface area contributed by atoms with Crippen LogP contribution in [0.1, 0.15) is 129 Å². The van der Waals surface area contributed by atoms with Crippen molar-refractivity contribution in [2.45, 2.75) is 141 Å². The molecule has 47 heavy (non-hydrogen) atoms. The maximum atomic E-state index is 11.6. The van der Waals surface area contributed by atoms with Gasteiger partial charge in [0.25, 0.3) is 0 Å². The average Bonchev–Trinajstić information content (AvgIpc) is 2.96. The molecule has 0 aromatic heterocycles. The van der Waals surface area contributed by atoms with Crippen LogP contribution in [0.3, 0.4) is 0 Å². The van der Waals surface area contributed by atoms with Crippen molar-refractivity contribution in [1.29, 1.82) is 0 Å². The first-order valence-corrected chi connectivity index (χ1v) is 15.6. The summed E-state index contributed by atoms with van der Waals surface area (Å²) in [5.41, 5.74) is 5.41. The van der Waals surface area contributed by atoms with Crippen molar-refractivity contribution < 1.29 is 159 Å². The van der Waals surface area contributed by atoms with E-state index in [-0.39, 0.29) is 142 Å². The van der Waals surface area contributed by atoms with Crippen LogP contribution in [0.4, 0.5) is 0 Å². The van der Waals surface area contributed by atoms with Gasteiger partial charge in [0.15, 0.2) is 0 Å². The van der Waals surface area contributed by atoms with Gasteiger partial charge < -0.3 is 45.5 Å². The zero-order valence-corrected chi connectivity index (χ0v) is 36.3. The monoisotopic (exact) mass is 708 g/mol. The summed E-state index contributed by atoms with van der Waals surface area (Å²) in [6, 6.07) is -2.40. The van der Waals surface area contributed by atoms with Crippen molar-refractivity contribution in [3.63, 3.8) is 0 Å². The Kier molecular flexibility index (Phi) is 48.7. The van der Waals surface area contributed by atoms with Crippen LogP contribution in [0.5, 0.6) is 0 Å². The Balaban J connectivity index is -0.000000235. The van der Waals surface area contributed by atoms with Crippen molar-refractivity contribution in [1.82, 2.24) is 5.32 Å². The summed E-state index contributed by atoms with van der Waals surface area (Å²) in [4.78, 5) is 65.7. The number of nitrogens with two attached hydrogens (primary N) is 1. The summed E-state index contributed by atoms with van der Waals surface area (Å²) in [7, 11) is 0. The minimum absolute atomic E-state index is 0. The van der Waals surface area contributed by atoms with E-state index in [2.05, 4.69) is 23.6 Å². The molecule has 12 nitrogen and oxygen atoms in total. The summed E-state index contributed by atoms with van der Waals surface area (Å²) in [5, 5.41) is 33.6. The first kappa shape index (κ1) is 56.5. The molecule has 0 unspecified atom stereocenters. The number of aliphatic carboxylic acids is 3. The Labute approximate surface area is 367 Å². The van der Waals surface area contributed by atoms with E-state index < -0.39 is 48.4 Å². The second-order valence-electron chi connectivity index (χ2n) is 10.5. The van der Waals surface area contributed by atoms with E-state index in [0.29, 0.717) is 6.42 Å². The number of nitrogens with one attached hydrogen (secondary N) is 1. The van der Waals surface area contributed by atoms with E-state index in [0.717, 1.165) is 57.8 Å². The topological polar surface area (TPSA) is 219 Å². The first-order chi connectivity index (χ1) is 20.9. The van der Waals surface area contributed by atoms with Gasteiger partial charge in [-0.05, 0) is 57.8 Å². The van der Waals surface area contributed by atoms with Crippen LogP contribution in [-0.2, 0) is 33.5 Å². The molecule has 0 aromatic rings. The maximum Gasteiger partial charge on any atom is 1.00 e. The fourth-order valence-corrected chi connectivity index (χ4v) is 3.88. The zero-order chi connectivity index (χ0) is 33.6. The molecule has 0 aliphatic carbocycles. The number of hydrogen-bond acceptors (Lipinski definition) is 11. The molecule has 0 fully saturated rings. The van der Waals surface area contributed by atoms with Crippen molar-refractivity contribution in [3.8, 4) is 0 Å². The molecule has 1 amide bonds. The molecule has 15 heteroatoms. The predicted molar refractivity (Wildman–Crippen MR) is 159 cm³/mol. The quantitative estimate of drug-likeness (QED) is 0.0215. The number of ether oxygens (including phenoxy) is 1. The van der Waals surface area contributed by atoms with E-state index in [4.69, 9.17) is 5.73 Å². The Morgan fingerprint density at radius 1 is 0.745 bits per heavy atom. The molecule has 0 saturated heterocycles. The second kappa shape index (κ2) is 40.5. The van der Waals surface area contributed by atoms with Crippen molar-refractivity contribution >= 4 is 35.8 Å². The van der Waals surface area contributed by atoms with Gasteiger partial charge in [-0.15, -0.1) is 6.58 Å². The minimum Gasteiger partial charge on any atom is -0.550 e. The van der Waals surface area contributed by atoms with Gasteiger partial charge in [0.05, 0.1) is 12.0 Å². The third kappa shape index (κ3) is 42.2. The summed E-state index contributed by atoms with van der Waals surface area (Å²) < 4.78 is 4.50. The van der Waals surface area contributed by atoms with Gasteiger partial charge >= 0.3 is 122 Å². The van der Waals surface area contributed by atoms with Gasteiger partial charge in [-0.25, -0.2) is 9.59 Å². The van der Waals surface area contributed by atoms with E-state index in [9.17, 15) is 44.1 Å². The van der Waals surface area contributed by atoms with E-state index in [1.165, 1.54) is 31.8 Å². The maximum absolute atomic E-state index is 11.6. The van der Waals surface area contributed by atoms with Gasteiger partial charge in [-0.2, -0.15) is 0 Å². The normalized spacial score (nSPS) is 11.2. The van der Waals surface area contributed by atoms with Gasteiger partial charge in [0, 0.05) is 24.4 Å². The molecule has 252 valence electrons. The molecule has 0 radical (unpaired) electrons. The third-order valence-corrected chi connectivity index (χ3v) is 6.46. The molecule has 0 heterocycles. The summed E-state index contributed by atoms with van der Waals surface area (Å²) in [5.74, 6) is -6.21. The first-order valence-electron chi connectivity index (χ1n) is 15.6. The van der Waals surface area contributed by atoms with Gasteiger partial charge in [-0.1, -0.05) is 76.9 Å². The molecule has 0 aliphatic rings. The number of carbonyl (C=O) groups excluding carboxylic acids is 6. The van der Waals surface area contributed by atoms with E-state index in [1.54, 1.807) is 6.08 Å². The van der Waals surface area contributed by atoms with Crippen LogP contribution in [0.2, 0.25) is 0 Å². The standard InChI is InChI=1S/2C16H27NO5.K.2Na/c1-2-3-4-5-6-7-8-9-10-15(20)22-16(21)13(17)11-12-14(18)19;1-2-3-4-5-6-7-8-9-10-14(18)17-13(16(21)22)11-12-15(19)20;;;/h9-10,13H,2-8,11-12,17H2,1H3,(H,18,19);2,13H,1,3-12H2,(H,17,18)(H,19,20)(H,21,22);;;/q;;3*+1/p-3/t2*13-;;;/m00.../s1. The Hall–Kier alpha value is 0.0964. The minimum atomic E-state index is -1.48. The van der Waals surface area contributed by atoms with Gasteiger partial charge in [-0.3, -0.25) is 4.79 Å². The molecule has 0 spiro atoms. The Bertz CT molecular complexity index is 907. The van der Waals surface area contributed by atoms with Crippen LogP contribution in [0, 0.1) is 0 Å². The largest absolute Gasteiger partial charge is 1.00 e. The second-order valence-corrected chi connectivity index (χ2v) is 10.5. The van der Waals surface area contributed by atoms with Crippen LogP contribution >= 0.6 is 0 Å². The van der Waals surface area contributed by atoms with Crippen LogP contribution < -0.4 is 137 Å². The number of carboxylic acids is 3. The molecule has 0 saturated carbocycles. The fourth-order valence-electron chi connectivity index (χ4n) is 3.88. The van der Waals surface area contributed by atoms with Crippen LogP contribution in [-0.4, -0.2) is 47.8 Å². The van der Waals surface area contributed by atoms with Gasteiger partial charge in [0.2, 0.25) is 5.91 Å². The number of esters is 2. The molecule has 0 bridgehead atoms. The SMILES string of the molecule is C=CCCCCCCCCC(=O)N[C@@H](CCC(=O)[O-])C(=O)[O-].CCCCCCCCC=CC(=O)OC(=O)[C@@H](N)CCC(=O)[O-].[K+].[Na+].[Na+]. The summed E-state index contributed by atoms with van der Waals surface area (Å²) in [6.45, 7) is 5.83. The Morgan fingerprint density at radius 2 is 1.23 bits per heavy atom. The predicted octanol–water partition coefficient (Wildman–Crippen LogP) is -7.71. The molecule has 2 atom stereocenters. The number of carbonyl (C=O) groups is 6. The molecular formula is C32H51KN2Na2O10. The fraction of sp³-hybridized carbons (Fsp3) is 0.688. The molecule has 3 N–H and O–H groups in total. The van der Waals surface area contributed by atoms with Crippen LogP contribution in [0.15, 0.2) is 24.8 Å². The summed E-state index contributed by atoms with van der Waals surface area (Å²) in [6.07, 6.45) is 18.7. The van der Waals surface area contributed by atoms with Crippen molar-refractivity contribution in [3.05, 3.63) is 24.8 Å². The van der Waals surface area contributed by atoms with Crippen molar-refractivity contribution in [2.75, 3.05) is 0 Å². The molecule has 0 rings (SSSR count). The smallest absolute Gasteiger partial charge is 0.550 e. The molecular weight excluding hydrogens is 657 g/mol. The molecule has 0 aromatic carbocycles. The number of amides is 1. The number of rotatable bonds is 26. The number of carboxylic acid groups (broad SMARTS) is 3. The van der Waals surface area contributed by atoms with E-state index in [1.807, 2.05) is 6.08 Å². The number of hydrogen-bond donors (Lipinski definition) is 2. The van der Waals surface area contributed by atoms with Crippen molar-refractivity contribution in [2.24, 2.45) is 5.73 Å². The number of allylic oxidation sites excluding steroid dienone is 2. The zero-order valence-electron chi connectivity index (χ0n) is 29.2. The summed E-state index contributed by atoms with van der Waals surface area (Å²) >= 11 is 0. The van der Waals surface area contributed by atoms with E-state index >= 15 is 0 Å². The third-order valence-electron chi connectivity index (χ3n) is 6.46. The average molecular weight is 709 g/mol. The number of unbranched alkanes of at least 4 members (excludes halogenated alkanes) is 12. The van der Waals surface area contributed by atoms with Gasteiger partial charge in [0.1, 0.15) is 6.04 Å². The van der Waals surface area contributed by atoms with Crippen LogP contribution in [0.25, 0.3) is 0 Å². The molecule has 0 aliphatic heterocycles.